The van der Waals surface area contributed by atoms with E-state index in [1.54, 1.807) is 42.5 Å². The molecule has 0 radical (unpaired) electrons. The summed E-state index contributed by atoms with van der Waals surface area (Å²) in [6, 6.07) is 12.4. The van der Waals surface area contributed by atoms with Crippen LogP contribution < -0.4 is 9.64 Å². The Kier molecular flexibility index (Phi) is 6.72. The number of nitrogens with zero attached hydrogens (tertiary/aromatic N) is 3. The van der Waals surface area contributed by atoms with Gasteiger partial charge in [-0.1, -0.05) is 24.3 Å². The van der Waals surface area contributed by atoms with Gasteiger partial charge in [0.05, 0.1) is 24.5 Å². The van der Waals surface area contributed by atoms with Crippen LogP contribution in [-0.4, -0.2) is 84.5 Å². The molecule has 4 heterocycles. The fraction of sp³-hybridized carbons (Fsp3) is 0.387. The lowest BCUT2D eigenvalue weighted by molar-refractivity contribution is -0.143. The van der Waals surface area contributed by atoms with Crippen molar-refractivity contribution in [3.05, 3.63) is 77.4 Å². The molecule has 2 fully saturated rings. The van der Waals surface area contributed by atoms with Gasteiger partial charge in [0.15, 0.2) is 5.54 Å². The first-order chi connectivity index (χ1) is 19.4. The molecule has 4 aliphatic heterocycles. The number of morpholine rings is 1. The van der Waals surface area contributed by atoms with Gasteiger partial charge in [-0.3, -0.25) is 19.3 Å². The van der Waals surface area contributed by atoms with E-state index in [4.69, 9.17) is 9.47 Å². The van der Waals surface area contributed by atoms with E-state index < -0.39 is 23.1 Å². The Labute approximate surface area is 233 Å². The van der Waals surface area contributed by atoms with E-state index in [2.05, 4.69) is 11.5 Å². The van der Waals surface area contributed by atoms with Crippen molar-refractivity contribution in [2.75, 3.05) is 50.8 Å². The van der Waals surface area contributed by atoms with Crippen molar-refractivity contribution < 1.29 is 29.0 Å². The second-order valence-electron chi connectivity index (χ2n) is 10.7. The molecule has 2 amide bonds. The number of ether oxygens (including phenoxy) is 2. The molecule has 2 aromatic rings. The zero-order chi connectivity index (χ0) is 28.0. The number of para-hydroxylation sites is 1. The molecular weight excluding hydrogens is 510 g/mol. The molecule has 0 unspecified atom stereocenters. The van der Waals surface area contributed by atoms with Crippen LogP contribution in [0.5, 0.6) is 5.75 Å². The number of hydrogen-bond donors (Lipinski definition) is 1. The summed E-state index contributed by atoms with van der Waals surface area (Å²) < 4.78 is 11.2. The van der Waals surface area contributed by atoms with Crippen molar-refractivity contribution in [3.8, 4) is 5.75 Å². The first-order valence-corrected chi connectivity index (χ1v) is 13.8. The highest BCUT2D eigenvalue weighted by Crippen LogP contribution is 2.53. The first-order valence-electron chi connectivity index (χ1n) is 13.8. The Morgan fingerprint density at radius 1 is 1.12 bits per heavy atom. The predicted molar refractivity (Wildman–Crippen MR) is 149 cm³/mol. The summed E-state index contributed by atoms with van der Waals surface area (Å²) in [5, 5.41) is 11.8. The van der Waals surface area contributed by atoms with Gasteiger partial charge in [0.25, 0.3) is 17.6 Å². The van der Waals surface area contributed by atoms with Crippen molar-refractivity contribution in [2.45, 2.75) is 31.4 Å². The maximum Gasteiger partial charge on any atom is 0.296 e. The average molecular weight is 544 g/mol. The quantitative estimate of drug-likeness (QED) is 0.248. The number of ketones is 1. The van der Waals surface area contributed by atoms with Gasteiger partial charge in [0.1, 0.15) is 17.6 Å². The van der Waals surface area contributed by atoms with Crippen LogP contribution in [0.4, 0.5) is 5.69 Å². The predicted octanol–water partition coefficient (Wildman–Crippen LogP) is 2.84. The molecule has 40 heavy (non-hydrogen) atoms. The monoisotopic (exact) mass is 543 g/mol. The Bertz CT molecular complexity index is 1430. The summed E-state index contributed by atoms with van der Waals surface area (Å²) in [5.74, 6) is -1.73. The average Bonchev–Trinajstić information content (AvgIpc) is 3.53. The number of fused-ring (bicyclic) bond motifs is 3. The molecule has 9 heteroatoms. The van der Waals surface area contributed by atoms with Crippen LogP contribution in [0.1, 0.15) is 30.0 Å². The van der Waals surface area contributed by atoms with E-state index >= 15 is 0 Å². The lowest BCUT2D eigenvalue weighted by Gasteiger charge is -2.35. The van der Waals surface area contributed by atoms with Gasteiger partial charge in [0, 0.05) is 50.3 Å². The SMILES string of the molecule is C=CCN1C(=O)[C@]2(C(=C(O)c3ccc4c(c3)C[C@@H](C)O4)C(=O)C(=O)N2CCCN2CCOCC2)c2ccccc21. The van der Waals surface area contributed by atoms with Crippen LogP contribution in [0.15, 0.2) is 60.7 Å². The molecule has 208 valence electrons. The Balaban J connectivity index is 1.48. The van der Waals surface area contributed by atoms with Gasteiger partial charge < -0.3 is 24.4 Å². The molecule has 1 spiro atoms. The molecule has 0 aromatic heterocycles. The van der Waals surface area contributed by atoms with E-state index in [9.17, 15) is 19.5 Å². The van der Waals surface area contributed by atoms with Gasteiger partial charge in [-0.25, -0.2) is 0 Å². The summed E-state index contributed by atoms with van der Waals surface area (Å²) in [5.41, 5.74) is 0.402. The van der Waals surface area contributed by atoms with E-state index in [-0.39, 0.29) is 30.5 Å². The fourth-order valence-electron chi connectivity index (χ4n) is 6.47. The van der Waals surface area contributed by atoms with E-state index in [1.807, 2.05) is 13.0 Å². The number of hydrogen-bond acceptors (Lipinski definition) is 7. The molecule has 0 aliphatic carbocycles. The number of benzene rings is 2. The molecule has 9 nitrogen and oxygen atoms in total. The number of likely N-dealkylation sites (tertiary alicyclic amines) is 1. The van der Waals surface area contributed by atoms with Crippen LogP contribution in [0.3, 0.4) is 0 Å². The third-order valence-electron chi connectivity index (χ3n) is 8.25. The minimum absolute atomic E-state index is 0.00113. The zero-order valence-electron chi connectivity index (χ0n) is 22.6. The topological polar surface area (TPSA) is 99.6 Å². The van der Waals surface area contributed by atoms with Crippen molar-refractivity contribution in [1.82, 2.24) is 9.80 Å². The summed E-state index contributed by atoms with van der Waals surface area (Å²) in [4.78, 5) is 47.2. The fourth-order valence-corrected chi connectivity index (χ4v) is 6.47. The summed E-state index contributed by atoms with van der Waals surface area (Å²) in [6.45, 7) is 9.72. The van der Waals surface area contributed by atoms with Crippen LogP contribution in [0.25, 0.3) is 5.76 Å². The molecule has 2 saturated heterocycles. The van der Waals surface area contributed by atoms with Crippen LogP contribution >= 0.6 is 0 Å². The lowest BCUT2D eigenvalue weighted by Crippen LogP contribution is -2.52. The normalized spacial score (nSPS) is 25.4. The Morgan fingerprint density at radius 2 is 1.90 bits per heavy atom. The first kappa shape index (κ1) is 26.3. The lowest BCUT2D eigenvalue weighted by atomic mass is 9.81. The van der Waals surface area contributed by atoms with Crippen LogP contribution in [0.2, 0.25) is 0 Å². The molecule has 0 saturated carbocycles. The zero-order valence-corrected chi connectivity index (χ0v) is 22.6. The number of Topliss-reactive ketones (excluding diaryl/α,β-unsaturated/α-hetero) is 1. The molecule has 4 aliphatic rings. The van der Waals surface area contributed by atoms with Gasteiger partial charge in [-0.15, -0.1) is 6.58 Å². The number of aliphatic hydroxyl groups is 1. The van der Waals surface area contributed by atoms with Gasteiger partial charge in [-0.2, -0.15) is 0 Å². The largest absolute Gasteiger partial charge is 0.507 e. The number of carbonyl (C=O) groups excluding carboxylic acids is 3. The number of aliphatic hydroxyl groups excluding tert-OH is 1. The second-order valence-corrected chi connectivity index (χ2v) is 10.7. The van der Waals surface area contributed by atoms with Crippen LogP contribution in [-0.2, 0) is 31.1 Å². The molecule has 0 bridgehead atoms. The smallest absolute Gasteiger partial charge is 0.296 e. The molecule has 6 rings (SSSR count). The number of carbonyl (C=O) groups is 3. The highest BCUT2D eigenvalue weighted by atomic mass is 16.5. The number of amides is 2. The number of rotatable bonds is 7. The molecule has 1 N–H and O–H groups in total. The highest BCUT2D eigenvalue weighted by Gasteiger charge is 2.66. The third-order valence-corrected chi connectivity index (χ3v) is 8.25. The second kappa shape index (κ2) is 10.2. The third kappa shape index (κ3) is 3.95. The summed E-state index contributed by atoms with van der Waals surface area (Å²) in [7, 11) is 0. The molecular formula is C31H33N3O6. The van der Waals surface area contributed by atoms with E-state index in [0.29, 0.717) is 49.4 Å². The van der Waals surface area contributed by atoms with Crippen LogP contribution in [0, 0.1) is 0 Å². The van der Waals surface area contributed by atoms with Crippen molar-refractivity contribution in [2.24, 2.45) is 0 Å². The minimum Gasteiger partial charge on any atom is -0.507 e. The minimum atomic E-state index is -1.77. The van der Waals surface area contributed by atoms with Gasteiger partial charge in [0.2, 0.25) is 0 Å². The Hall–Kier alpha value is -3.95. The summed E-state index contributed by atoms with van der Waals surface area (Å²) >= 11 is 0. The van der Waals surface area contributed by atoms with Crippen molar-refractivity contribution in [1.29, 1.82) is 0 Å². The maximum atomic E-state index is 14.5. The maximum absolute atomic E-state index is 14.5. The summed E-state index contributed by atoms with van der Waals surface area (Å²) in [6.07, 6.45) is 2.82. The van der Waals surface area contributed by atoms with E-state index in [1.165, 1.54) is 9.80 Å². The standard InChI is InChI=1S/C31H33N3O6/c1-3-11-33-24-8-5-4-7-23(24)31(30(33)38)26(27(35)21-9-10-25-22(19-21)18-20(2)40-25)28(36)29(37)34(31)13-6-12-32-14-16-39-17-15-32/h3-5,7-10,19-20,35H,1,6,11-18H2,2H3/t20-,31-/m1/s1. The Morgan fingerprint density at radius 3 is 2.67 bits per heavy atom. The van der Waals surface area contributed by atoms with Gasteiger partial charge in [-0.05, 0) is 43.2 Å². The molecule has 2 aromatic carbocycles. The molecule has 2 atom stereocenters. The van der Waals surface area contributed by atoms with E-state index in [0.717, 1.165) is 24.4 Å². The van der Waals surface area contributed by atoms with Crippen molar-refractivity contribution >= 4 is 29.0 Å². The van der Waals surface area contributed by atoms with Crippen molar-refractivity contribution in [3.63, 3.8) is 0 Å². The number of anilines is 1. The van der Waals surface area contributed by atoms with Gasteiger partial charge >= 0.3 is 0 Å². The highest BCUT2D eigenvalue weighted by molar-refractivity contribution is 6.50.